The summed E-state index contributed by atoms with van der Waals surface area (Å²) in [5.41, 5.74) is 0. The first-order chi connectivity index (χ1) is 11.3. The van der Waals surface area contributed by atoms with Crippen molar-refractivity contribution in [3.8, 4) is 24.0 Å². The van der Waals surface area contributed by atoms with E-state index in [0.29, 0.717) is 46.2 Å². The molecule has 0 fully saturated rings. The largest absolute Gasteiger partial charge is 0.377 e. The van der Waals surface area contributed by atoms with Gasteiger partial charge in [0.25, 0.3) is 0 Å². The standard InChI is InChI=1S/C16H22N4O3/c1-3-9-21-11-13-23-14-12-22-10-8-20-7-5-18-16(20)15-17-4-6-19(15)2/h1,4-7H,8-14H2,2H3. The number of terminal acetylenes is 1. The molecule has 0 saturated heterocycles. The molecule has 0 atom stereocenters. The molecule has 7 nitrogen and oxygen atoms in total. The summed E-state index contributed by atoms with van der Waals surface area (Å²) < 4.78 is 20.0. The first kappa shape index (κ1) is 17.2. The van der Waals surface area contributed by atoms with Gasteiger partial charge in [-0.05, 0) is 0 Å². The van der Waals surface area contributed by atoms with E-state index in [1.807, 2.05) is 28.6 Å². The minimum atomic E-state index is 0.323. The van der Waals surface area contributed by atoms with Gasteiger partial charge in [-0.2, -0.15) is 0 Å². The second-order valence-corrected chi connectivity index (χ2v) is 4.79. The molecule has 2 aromatic heterocycles. The Morgan fingerprint density at radius 1 is 0.957 bits per heavy atom. The fourth-order valence-corrected chi connectivity index (χ4v) is 2.01. The summed E-state index contributed by atoms with van der Waals surface area (Å²) in [6.07, 6.45) is 12.4. The molecule has 23 heavy (non-hydrogen) atoms. The molecular weight excluding hydrogens is 296 g/mol. The van der Waals surface area contributed by atoms with Crippen LogP contribution in [-0.4, -0.2) is 58.7 Å². The average molecular weight is 318 g/mol. The summed E-state index contributed by atoms with van der Waals surface area (Å²) in [6.45, 7) is 3.74. The zero-order valence-corrected chi connectivity index (χ0v) is 13.4. The number of ether oxygens (including phenoxy) is 3. The van der Waals surface area contributed by atoms with Crippen LogP contribution >= 0.6 is 0 Å². The SMILES string of the molecule is C#CCOCCOCCOCCn1ccnc1-c1nccn1C. The van der Waals surface area contributed by atoms with E-state index in [2.05, 4.69) is 15.9 Å². The zero-order chi connectivity index (χ0) is 16.3. The molecule has 0 saturated carbocycles. The molecule has 2 rings (SSSR count). The third-order valence-electron chi connectivity index (χ3n) is 3.14. The predicted octanol–water partition coefficient (Wildman–Crippen LogP) is 0.967. The summed E-state index contributed by atoms with van der Waals surface area (Å²) in [5, 5.41) is 0. The Bertz CT molecular complexity index is 615. The van der Waals surface area contributed by atoms with E-state index in [1.165, 1.54) is 0 Å². The maximum Gasteiger partial charge on any atom is 0.176 e. The molecule has 0 radical (unpaired) electrons. The number of hydrogen-bond donors (Lipinski definition) is 0. The Labute approximate surface area is 136 Å². The van der Waals surface area contributed by atoms with E-state index < -0.39 is 0 Å². The van der Waals surface area contributed by atoms with Gasteiger partial charge in [0.15, 0.2) is 11.6 Å². The number of rotatable bonds is 11. The van der Waals surface area contributed by atoms with Crippen LogP contribution in [0.2, 0.25) is 0 Å². The van der Waals surface area contributed by atoms with Crippen LogP contribution in [-0.2, 0) is 27.8 Å². The van der Waals surface area contributed by atoms with E-state index >= 15 is 0 Å². The highest BCUT2D eigenvalue weighted by atomic mass is 16.5. The summed E-state index contributed by atoms with van der Waals surface area (Å²) in [7, 11) is 1.95. The first-order valence-corrected chi connectivity index (χ1v) is 7.48. The lowest BCUT2D eigenvalue weighted by atomic mass is 10.5. The van der Waals surface area contributed by atoms with Gasteiger partial charge in [-0.1, -0.05) is 5.92 Å². The minimum Gasteiger partial charge on any atom is -0.377 e. The van der Waals surface area contributed by atoms with Crippen molar-refractivity contribution in [2.45, 2.75) is 6.54 Å². The predicted molar refractivity (Wildman–Crippen MR) is 85.7 cm³/mol. The van der Waals surface area contributed by atoms with Gasteiger partial charge >= 0.3 is 0 Å². The van der Waals surface area contributed by atoms with Crippen molar-refractivity contribution >= 4 is 0 Å². The van der Waals surface area contributed by atoms with Gasteiger partial charge in [-0.3, -0.25) is 0 Å². The van der Waals surface area contributed by atoms with Gasteiger partial charge < -0.3 is 23.3 Å². The second kappa shape index (κ2) is 9.79. The van der Waals surface area contributed by atoms with Gasteiger partial charge in [0, 0.05) is 38.4 Å². The third-order valence-corrected chi connectivity index (χ3v) is 3.14. The topological polar surface area (TPSA) is 63.3 Å². The van der Waals surface area contributed by atoms with Crippen molar-refractivity contribution in [3.05, 3.63) is 24.8 Å². The molecule has 0 unspecified atom stereocenters. The molecule has 124 valence electrons. The van der Waals surface area contributed by atoms with Crippen molar-refractivity contribution in [1.29, 1.82) is 0 Å². The number of aryl methyl sites for hydroxylation is 1. The molecule has 0 aromatic carbocycles. The van der Waals surface area contributed by atoms with Crippen LogP contribution in [0, 0.1) is 12.3 Å². The van der Waals surface area contributed by atoms with Gasteiger partial charge in [0.2, 0.25) is 0 Å². The maximum absolute atomic E-state index is 5.56. The van der Waals surface area contributed by atoms with Crippen LogP contribution in [0.15, 0.2) is 24.8 Å². The van der Waals surface area contributed by atoms with Crippen molar-refractivity contribution < 1.29 is 14.2 Å². The summed E-state index contributed by atoms with van der Waals surface area (Å²) in [6, 6.07) is 0. The lowest BCUT2D eigenvalue weighted by Gasteiger charge is -2.09. The van der Waals surface area contributed by atoms with Crippen molar-refractivity contribution in [3.63, 3.8) is 0 Å². The Kier molecular flexibility index (Phi) is 7.33. The maximum atomic E-state index is 5.56. The van der Waals surface area contributed by atoms with Crippen molar-refractivity contribution in [1.82, 2.24) is 19.1 Å². The average Bonchev–Trinajstić information content (AvgIpc) is 3.17. The van der Waals surface area contributed by atoms with E-state index in [-0.39, 0.29) is 0 Å². The highest BCUT2D eigenvalue weighted by Crippen LogP contribution is 2.13. The second-order valence-electron chi connectivity index (χ2n) is 4.79. The van der Waals surface area contributed by atoms with E-state index in [0.717, 1.165) is 11.6 Å². The number of hydrogen-bond acceptors (Lipinski definition) is 5. The molecule has 7 heteroatoms. The quantitative estimate of drug-likeness (QED) is 0.456. The van der Waals surface area contributed by atoms with Crippen LogP contribution < -0.4 is 0 Å². The lowest BCUT2D eigenvalue weighted by molar-refractivity contribution is 0.0187. The fourth-order valence-electron chi connectivity index (χ4n) is 2.01. The Balaban J connectivity index is 1.60. The number of nitrogens with zero attached hydrogens (tertiary/aromatic N) is 4. The first-order valence-electron chi connectivity index (χ1n) is 7.48. The van der Waals surface area contributed by atoms with Crippen LogP contribution in [0.25, 0.3) is 11.6 Å². The number of imidazole rings is 2. The zero-order valence-electron chi connectivity index (χ0n) is 13.4. The Morgan fingerprint density at radius 2 is 1.61 bits per heavy atom. The molecule has 0 aliphatic heterocycles. The Morgan fingerprint density at radius 3 is 2.30 bits per heavy atom. The number of aromatic nitrogens is 4. The molecule has 0 spiro atoms. The third kappa shape index (κ3) is 5.53. The highest BCUT2D eigenvalue weighted by molar-refractivity contribution is 5.44. The fraction of sp³-hybridized carbons (Fsp3) is 0.500. The monoisotopic (exact) mass is 318 g/mol. The lowest BCUT2D eigenvalue weighted by Crippen LogP contribution is -2.13. The molecule has 0 amide bonds. The van der Waals surface area contributed by atoms with Crippen molar-refractivity contribution in [2.75, 3.05) is 39.6 Å². The van der Waals surface area contributed by atoms with E-state index in [9.17, 15) is 0 Å². The molecule has 2 heterocycles. The van der Waals surface area contributed by atoms with Crippen LogP contribution in [0.1, 0.15) is 0 Å². The van der Waals surface area contributed by atoms with E-state index in [4.69, 9.17) is 20.6 Å². The molecule has 0 aliphatic rings. The Hall–Kier alpha value is -2.14. The van der Waals surface area contributed by atoms with Crippen LogP contribution in [0.3, 0.4) is 0 Å². The van der Waals surface area contributed by atoms with E-state index in [1.54, 1.807) is 12.4 Å². The van der Waals surface area contributed by atoms with Gasteiger partial charge in [-0.25, -0.2) is 9.97 Å². The van der Waals surface area contributed by atoms with Gasteiger partial charge in [0.05, 0.1) is 33.0 Å². The van der Waals surface area contributed by atoms with Gasteiger partial charge in [0.1, 0.15) is 6.61 Å². The van der Waals surface area contributed by atoms with Crippen LogP contribution in [0.4, 0.5) is 0 Å². The highest BCUT2D eigenvalue weighted by Gasteiger charge is 2.09. The summed E-state index contributed by atoms with van der Waals surface area (Å²) >= 11 is 0. The summed E-state index contributed by atoms with van der Waals surface area (Å²) in [4.78, 5) is 8.67. The normalized spacial score (nSPS) is 10.8. The van der Waals surface area contributed by atoms with Crippen LogP contribution in [0.5, 0.6) is 0 Å². The molecule has 0 N–H and O–H groups in total. The van der Waals surface area contributed by atoms with Crippen molar-refractivity contribution in [2.24, 2.45) is 7.05 Å². The molecule has 2 aromatic rings. The molecular formula is C16H22N4O3. The molecule has 0 bridgehead atoms. The summed E-state index contributed by atoms with van der Waals surface area (Å²) in [5.74, 6) is 4.08. The minimum absolute atomic E-state index is 0.323. The molecule has 0 aliphatic carbocycles. The smallest absolute Gasteiger partial charge is 0.176 e. The van der Waals surface area contributed by atoms with Gasteiger partial charge in [-0.15, -0.1) is 6.42 Å².